The predicted molar refractivity (Wildman–Crippen MR) is 111 cm³/mol. The molecule has 0 aliphatic rings. The van der Waals surface area contributed by atoms with Gasteiger partial charge in [0.2, 0.25) is 0 Å². The molecule has 7 nitrogen and oxygen atoms in total. The quantitative estimate of drug-likeness (QED) is 0.290. The SMILES string of the molecule is CC(C)c1ccc(/C=C/C(=O)c2cccc(OCC(=O)N(C)C)c2)cc1[N+](=O)[O-]. The average molecular weight is 396 g/mol. The Labute approximate surface area is 169 Å². The van der Waals surface area contributed by atoms with Gasteiger partial charge < -0.3 is 9.64 Å². The molecule has 0 aliphatic heterocycles. The van der Waals surface area contributed by atoms with Crippen molar-refractivity contribution in [2.24, 2.45) is 0 Å². The molecule has 0 fully saturated rings. The van der Waals surface area contributed by atoms with Crippen LogP contribution in [0, 0.1) is 10.1 Å². The summed E-state index contributed by atoms with van der Waals surface area (Å²) in [5.41, 5.74) is 1.65. The molecule has 0 spiro atoms. The van der Waals surface area contributed by atoms with E-state index >= 15 is 0 Å². The fraction of sp³-hybridized carbons (Fsp3) is 0.273. The van der Waals surface area contributed by atoms with Crippen LogP contribution < -0.4 is 4.74 Å². The molecule has 2 aromatic rings. The van der Waals surface area contributed by atoms with E-state index in [2.05, 4.69) is 0 Å². The molecule has 2 aromatic carbocycles. The highest BCUT2D eigenvalue weighted by molar-refractivity contribution is 6.07. The number of likely N-dealkylation sites (N-methyl/N-ethyl adjacent to an activating group) is 1. The number of carbonyl (C=O) groups is 2. The van der Waals surface area contributed by atoms with Crippen LogP contribution in [0.2, 0.25) is 0 Å². The highest BCUT2D eigenvalue weighted by Gasteiger charge is 2.16. The zero-order valence-electron chi connectivity index (χ0n) is 16.9. The summed E-state index contributed by atoms with van der Waals surface area (Å²) in [5.74, 6) is -0.0217. The maximum absolute atomic E-state index is 12.5. The lowest BCUT2D eigenvalue weighted by Gasteiger charge is -2.11. The Kier molecular flexibility index (Phi) is 7.25. The van der Waals surface area contributed by atoms with Crippen LogP contribution in [0.3, 0.4) is 0 Å². The zero-order chi connectivity index (χ0) is 21.6. The molecule has 0 heterocycles. The van der Waals surface area contributed by atoms with Gasteiger partial charge in [0.25, 0.3) is 11.6 Å². The average Bonchev–Trinajstić information content (AvgIpc) is 2.69. The fourth-order valence-electron chi connectivity index (χ4n) is 2.59. The van der Waals surface area contributed by atoms with Crippen molar-refractivity contribution in [3.63, 3.8) is 0 Å². The Morgan fingerprint density at radius 1 is 1.17 bits per heavy atom. The number of ether oxygens (including phenoxy) is 1. The summed E-state index contributed by atoms with van der Waals surface area (Å²) >= 11 is 0. The maximum Gasteiger partial charge on any atom is 0.273 e. The van der Waals surface area contributed by atoms with E-state index in [-0.39, 0.29) is 29.9 Å². The zero-order valence-corrected chi connectivity index (χ0v) is 16.9. The summed E-state index contributed by atoms with van der Waals surface area (Å²) in [7, 11) is 3.27. The Morgan fingerprint density at radius 2 is 1.90 bits per heavy atom. The Hall–Kier alpha value is -3.48. The number of nitro benzene ring substituents is 1. The molecule has 1 amide bonds. The van der Waals surface area contributed by atoms with Crippen LogP contribution in [0.1, 0.15) is 41.3 Å². The first-order valence-electron chi connectivity index (χ1n) is 9.12. The van der Waals surface area contributed by atoms with Crippen LogP contribution in [-0.4, -0.2) is 42.2 Å². The Balaban J connectivity index is 2.15. The molecule has 29 heavy (non-hydrogen) atoms. The largest absolute Gasteiger partial charge is 0.484 e. The molecule has 0 radical (unpaired) electrons. The number of hydrogen-bond acceptors (Lipinski definition) is 5. The van der Waals surface area contributed by atoms with E-state index in [4.69, 9.17) is 4.74 Å². The second-order valence-electron chi connectivity index (χ2n) is 7.03. The van der Waals surface area contributed by atoms with Crippen molar-refractivity contribution in [2.75, 3.05) is 20.7 Å². The van der Waals surface area contributed by atoms with E-state index in [1.165, 1.54) is 17.0 Å². The summed E-state index contributed by atoms with van der Waals surface area (Å²) in [6.07, 6.45) is 2.90. The van der Waals surface area contributed by atoms with Gasteiger partial charge in [0.15, 0.2) is 12.4 Å². The van der Waals surface area contributed by atoms with Gasteiger partial charge in [-0.25, -0.2) is 0 Å². The first-order valence-corrected chi connectivity index (χ1v) is 9.12. The van der Waals surface area contributed by atoms with Gasteiger partial charge in [-0.3, -0.25) is 19.7 Å². The topological polar surface area (TPSA) is 89.8 Å². The predicted octanol–water partition coefficient (Wildman–Crippen LogP) is 4.08. The molecule has 0 atom stereocenters. The number of allylic oxidation sites excluding steroid dienone is 1. The van der Waals surface area contributed by atoms with Crippen molar-refractivity contribution in [1.29, 1.82) is 0 Å². The Morgan fingerprint density at radius 3 is 2.52 bits per heavy atom. The third-order valence-corrected chi connectivity index (χ3v) is 4.28. The lowest BCUT2D eigenvalue weighted by Crippen LogP contribution is -2.27. The summed E-state index contributed by atoms with van der Waals surface area (Å²) in [6, 6.07) is 11.4. The normalized spacial score (nSPS) is 10.9. The number of hydrogen-bond donors (Lipinski definition) is 0. The molecule has 0 N–H and O–H groups in total. The molecule has 2 rings (SSSR count). The van der Waals surface area contributed by atoms with Crippen molar-refractivity contribution >= 4 is 23.5 Å². The molecular formula is C22H24N2O5. The monoisotopic (exact) mass is 396 g/mol. The highest BCUT2D eigenvalue weighted by Crippen LogP contribution is 2.27. The van der Waals surface area contributed by atoms with Gasteiger partial charge in [-0.05, 0) is 29.7 Å². The van der Waals surface area contributed by atoms with Gasteiger partial charge in [0.05, 0.1) is 4.92 Å². The van der Waals surface area contributed by atoms with Crippen molar-refractivity contribution < 1.29 is 19.2 Å². The summed E-state index contributed by atoms with van der Waals surface area (Å²) < 4.78 is 5.42. The maximum atomic E-state index is 12.5. The number of nitro groups is 1. The number of carbonyl (C=O) groups excluding carboxylic acids is 2. The van der Waals surface area contributed by atoms with E-state index in [0.29, 0.717) is 22.4 Å². The lowest BCUT2D eigenvalue weighted by atomic mass is 9.99. The minimum absolute atomic E-state index is 0.0252. The van der Waals surface area contributed by atoms with Crippen LogP contribution in [0.5, 0.6) is 5.75 Å². The van der Waals surface area contributed by atoms with Gasteiger partial charge in [-0.2, -0.15) is 0 Å². The fourth-order valence-corrected chi connectivity index (χ4v) is 2.59. The van der Waals surface area contributed by atoms with E-state index in [1.807, 2.05) is 13.8 Å². The second-order valence-corrected chi connectivity index (χ2v) is 7.03. The smallest absolute Gasteiger partial charge is 0.273 e. The van der Waals surface area contributed by atoms with Crippen LogP contribution in [0.25, 0.3) is 6.08 Å². The molecule has 0 bridgehead atoms. The van der Waals surface area contributed by atoms with Gasteiger partial charge in [-0.15, -0.1) is 0 Å². The molecule has 0 unspecified atom stereocenters. The number of benzene rings is 2. The number of rotatable bonds is 8. The first kappa shape index (κ1) is 21.8. The number of nitrogens with zero attached hydrogens (tertiary/aromatic N) is 2. The third-order valence-electron chi connectivity index (χ3n) is 4.28. The minimum atomic E-state index is -0.412. The second kappa shape index (κ2) is 9.64. The first-order chi connectivity index (χ1) is 13.7. The highest BCUT2D eigenvalue weighted by atomic mass is 16.6. The number of amides is 1. The van der Waals surface area contributed by atoms with E-state index in [9.17, 15) is 19.7 Å². The Bertz CT molecular complexity index is 948. The van der Waals surface area contributed by atoms with Crippen LogP contribution >= 0.6 is 0 Å². The van der Waals surface area contributed by atoms with E-state index in [0.717, 1.165) is 0 Å². The van der Waals surface area contributed by atoms with E-state index in [1.54, 1.807) is 56.6 Å². The molecule has 152 valence electrons. The van der Waals surface area contributed by atoms with Gasteiger partial charge in [0.1, 0.15) is 5.75 Å². The molecule has 0 saturated carbocycles. The standard InChI is InChI=1S/C22H24N2O5/c1-15(2)19-10-8-16(12-20(19)24(27)28)9-11-21(25)17-6-5-7-18(13-17)29-14-22(26)23(3)4/h5-13,15H,14H2,1-4H3/b11-9+. The molecule has 0 aromatic heterocycles. The summed E-state index contributed by atoms with van der Waals surface area (Å²) in [4.78, 5) is 36.4. The van der Waals surface area contributed by atoms with Crippen molar-refractivity contribution in [3.05, 3.63) is 75.3 Å². The van der Waals surface area contributed by atoms with E-state index < -0.39 is 4.92 Å². The van der Waals surface area contributed by atoms with Crippen molar-refractivity contribution in [1.82, 2.24) is 4.90 Å². The lowest BCUT2D eigenvalue weighted by molar-refractivity contribution is -0.385. The molecule has 7 heteroatoms. The number of ketones is 1. The van der Waals surface area contributed by atoms with Gasteiger partial charge in [-0.1, -0.05) is 44.2 Å². The molecular weight excluding hydrogens is 372 g/mol. The minimum Gasteiger partial charge on any atom is -0.484 e. The molecule has 0 aliphatic carbocycles. The van der Waals surface area contributed by atoms with Crippen LogP contribution in [0.15, 0.2) is 48.5 Å². The third kappa shape index (κ3) is 6.00. The van der Waals surface area contributed by atoms with Crippen LogP contribution in [0.4, 0.5) is 5.69 Å². The molecule has 0 saturated heterocycles. The summed E-state index contributed by atoms with van der Waals surface area (Å²) in [6.45, 7) is 3.66. The van der Waals surface area contributed by atoms with Gasteiger partial charge in [0, 0.05) is 31.3 Å². The van der Waals surface area contributed by atoms with Crippen molar-refractivity contribution in [2.45, 2.75) is 19.8 Å². The van der Waals surface area contributed by atoms with Gasteiger partial charge >= 0.3 is 0 Å². The van der Waals surface area contributed by atoms with Crippen molar-refractivity contribution in [3.8, 4) is 5.75 Å². The van der Waals surface area contributed by atoms with Crippen LogP contribution in [-0.2, 0) is 4.79 Å². The summed E-state index contributed by atoms with van der Waals surface area (Å²) in [5, 5.41) is 11.3.